The standard InChI is InChI=1S/C16H15N3O2S/c20-15-12-13(11-7-4-8-22-11)18-19(14(12)16(21)17-15)9-10-5-2-1-3-6-10/h1-8,12-14,18H,9H2,(H,17,20,21)/t12-,13+,14-/m1/s1. The summed E-state index contributed by atoms with van der Waals surface area (Å²) in [4.78, 5) is 25.4. The average molecular weight is 313 g/mol. The monoisotopic (exact) mass is 313 g/mol. The highest BCUT2D eigenvalue weighted by atomic mass is 32.1. The maximum Gasteiger partial charge on any atom is 0.246 e. The Morgan fingerprint density at radius 2 is 1.86 bits per heavy atom. The van der Waals surface area contributed by atoms with Crippen LogP contribution in [-0.2, 0) is 16.1 Å². The summed E-state index contributed by atoms with van der Waals surface area (Å²) in [7, 11) is 0. The summed E-state index contributed by atoms with van der Waals surface area (Å²) in [6, 6.07) is 13.3. The van der Waals surface area contributed by atoms with E-state index in [1.165, 1.54) is 0 Å². The van der Waals surface area contributed by atoms with Gasteiger partial charge >= 0.3 is 0 Å². The Morgan fingerprint density at radius 3 is 2.59 bits per heavy atom. The first kappa shape index (κ1) is 13.6. The molecule has 2 aliphatic rings. The fourth-order valence-corrected chi connectivity index (χ4v) is 4.04. The summed E-state index contributed by atoms with van der Waals surface area (Å²) in [5.41, 5.74) is 4.47. The van der Waals surface area contributed by atoms with Crippen molar-refractivity contribution in [2.75, 3.05) is 0 Å². The number of carbonyl (C=O) groups excluding carboxylic acids is 2. The highest BCUT2D eigenvalue weighted by Crippen LogP contribution is 2.39. The Labute approximate surface area is 131 Å². The number of fused-ring (bicyclic) bond motifs is 1. The van der Waals surface area contributed by atoms with Gasteiger partial charge in [0.25, 0.3) is 0 Å². The number of benzene rings is 1. The molecule has 2 fully saturated rings. The van der Waals surface area contributed by atoms with Gasteiger partial charge in [0.2, 0.25) is 11.8 Å². The Morgan fingerprint density at radius 1 is 1.05 bits per heavy atom. The second-order valence-corrected chi connectivity index (χ2v) is 6.54. The first-order valence-electron chi connectivity index (χ1n) is 7.19. The van der Waals surface area contributed by atoms with Gasteiger partial charge in [0, 0.05) is 11.4 Å². The van der Waals surface area contributed by atoms with E-state index in [-0.39, 0.29) is 23.8 Å². The highest BCUT2D eigenvalue weighted by Gasteiger charge is 2.55. The predicted octanol–water partition coefficient (Wildman–Crippen LogP) is 1.45. The molecule has 2 aliphatic heterocycles. The van der Waals surface area contributed by atoms with E-state index in [2.05, 4.69) is 10.7 Å². The Bertz CT molecular complexity index is 701. The second-order valence-electron chi connectivity index (χ2n) is 5.56. The summed E-state index contributed by atoms with van der Waals surface area (Å²) in [6.45, 7) is 0.588. The molecule has 2 N–H and O–H groups in total. The molecule has 1 aromatic heterocycles. The molecule has 2 aromatic rings. The van der Waals surface area contributed by atoms with E-state index in [1.807, 2.05) is 52.9 Å². The van der Waals surface area contributed by atoms with E-state index in [0.29, 0.717) is 6.54 Å². The summed E-state index contributed by atoms with van der Waals surface area (Å²) >= 11 is 1.60. The van der Waals surface area contributed by atoms with Crippen molar-refractivity contribution in [1.29, 1.82) is 0 Å². The van der Waals surface area contributed by atoms with Crippen LogP contribution in [-0.4, -0.2) is 22.9 Å². The van der Waals surface area contributed by atoms with Gasteiger partial charge in [0.05, 0.1) is 12.0 Å². The molecule has 0 bridgehead atoms. The molecule has 112 valence electrons. The molecule has 2 amide bonds. The number of thiophene rings is 1. The topological polar surface area (TPSA) is 61.4 Å². The quantitative estimate of drug-likeness (QED) is 0.842. The molecule has 0 unspecified atom stereocenters. The van der Waals surface area contributed by atoms with Crippen LogP contribution in [0.4, 0.5) is 0 Å². The largest absolute Gasteiger partial charge is 0.295 e. The van der Waals surface area contributed by atoms with E-state index in [0.717, 1.165) is 10.4 Å². The lowest BCUT2D eigenvalue weighted by atomic mass is 9.95. The lowest BCUT2D eigenvalue weighted by Gasteiger charge is -2.21. The summed E-state index contributed by atoms with van der Waals surface area (Å²) in [5, 5.41) is 6.35. The predicted molar refractivity (Wildman–Crippen MR) is 82.6 cm³/mol. The molecule has 5 nitrogen and oxygen atoms in total. The number of nitrogens with one attached hydrogen (secondary N) is 2. The van der Waals surface area contributed by atoms with Crippen molar-refractivity contribution in [2.45, 2.75) is 18.6 Å². The SMILES string of the molecule is O=C1NC(=O)[C@H]2[C@H]1[C@H](c1cccs1)NN2Cc1ccccc1. The van der Waals surface area contributed by atoms with Gasteiger partial charge in [-0.05, 0) is 17.0 Å². The summed E-state index contributed by atoms with van der Waals surface area (Å²) < 4.78 is 0. The van der Waals surface area contributed by atoms with Crippen LogP contribution < -0.4 is 10.7 Å². The zero-order valence-electron chi connectivity index (χ0n) is 11.7. The fourth-order valence-electron chi connectivity index (χ4n) is 3.23. The van der Waals surface area contributed by atoms with Crippen molar-refractivity contribution in [3.8, 4) is 0 Å². The van der Waals surface area contributed by atoms with Crippen LogP contribution in [0.3, 0.4) is 0 Å². The molecule has 2 saturated heterocycles. The van der Waals surface area contributed by atoms with Crippen molar-refractivity contribution in [3.63, 3.8) is 0 Å². The Balaban J connectivity index is 1.65. The molecular weight excluding hydrogens is 298 g/mol. The van der Waals surface area contributed by atoms with Crippen molar-refractivity contribution in [2.24, 2.45) is 5.92 Å². The van der Waals surface area contributed by atoms with Gasteiger partial charge in [0.15, 0.2) is 0 Å². The number of nitrogens with zero attached hydrogens (tertiary/aromatic N) is 1. The fraction of sp³-hybridized carbons (Fsp3) is 0.250. The lowest BCUT2D eigenvalue weighted by Crippen LogP contribution is -2.43. The van der Waals surface area contributed by atoms with Crippen LogP contribution >= 0.6 is 11.3 Å². The number of carbonyl (C=O) groups is 2. The number of amides is 2. The van der Waals surface area contributed by atoms with Gasteiger partial charge in [-0.15, -0.1) is 11.3 Å². The maximum atomic E-state index is 12.2. The van der Waals surface area contributed by atoms with Crippen LogP contribution in [0, 0.1) is 5.92 Å². The third kappa shape index (κ3) is 2.16. The van der Waals surface area contributed by atoms with Crippen LogP contribution in [0.2, 0.25) is 0 Å². The number of hydrogen-bond acceptors (Lipinski definition) is 5. The molecular formula is C16H15N3O2S. The minimum Gasteiger partial charge on any atom is -0.295 e. The van der Waals surface area contributed by atoms with Crippen molar-refractivity contribution < 1.29 is 9.59 Å². The first-order chi connectivity index (χ1) is 10.7. The molecule has 4 rings (SSSR count). The normalized spacial score (nSPS) is 27.9. The van der Waals surface area contributed by atoms with Gasteiger partial charge in [-0.3, -0.25) is 14.9 Å². The summed E-state index contributed by atoms with van der Waals surface area (Å²) in [5.74, 6) is -0.760. The smallest absolute Gasteiger partial charge is 0.246 e. The molecule has 22 heavy (non-hydrogen) atoms. The molecule has 3 heterocycles. The van der Waals surface area contributed by atoms with Crippen LogP contribution in [0.15, 0.2) is 47.8 Å². The number of hydrogen-bond donors (Lipinski definition) is 2. The second kappa shape index (κ2) is 5.31. The van der Waals surface area contributed by atoms with Gasteiger partial charge < -0.3 is 0 Å². The van der Waals surface area contributed by atoms with E-state index >= 15 is 0 Å². The van der Waals surface area contributed by atoms with Crippen LogP contribution in [0.1, 0.15) is 16.5 Å². The molecule has 0 aliphatic carbocycles. The van der Waals surface area contributed by atoms with Crippen molar-refractivity contribution >= 4 is 23.2 Å². The molecule has 0 spiro atoms. The minimum atomic E-state index is -0.445. The van der Waals surface area contributed by atoms with Gasteiger partial charge in [-0.25, -0.2) is 10.4 Å². The van der Waals surface area contributed by atoms with Crippen LogP contribution in [0.25, 0.3) is 0 Å². The number of hydrazine groups is 1. The van der Waals surface area contributed by atoms with E-state index in [4.69, 9.17) is 0 Å². The third-order valence-electron chi connectivity index (χ3n) is 4.20. The van der Waals surface area contributed by atoms with E-state index in [9.17, 15) is 9.59 Å². The van der Waals surface area contributed by atoms with Crippen LogP contribution in [0.5, 0.6) is 0 Å². The molecule has 3 atom stereocenters. The van der Waals surface area contributed by atoms with Gasteiger partial charge in [0.1, 0.15) is 6.04 Å². The van der Waals surface area contributed by atoms with Crippen molar-refractivity contribution in [1.82, 2.24) is 15.8 Å². The molecule has 0 radical (unpaired) electrons. The Kier molecular flexibility index (Phi) is 3.29. The molecule has 1 aromatic carbocycles. The first-order valence-corrected chi connectivity index (χ1v) is 8.07. The lowest BCUT2D eigenvalue weighted by molar-refractivity contribution is -0.127. The zero-order valence-corrected chi connectivity index (χ0v) is 12.5. The van der Waals surface area contributed by atoms with Crippen molar-refractivity contribution in [3.05, 3.63) is 58.3 Å². The number of rotatable bonds is 3. The van der Waals surface area contributed by atoms with E-state index in [1.54, 1.807) is 11.3 Å². The third-order valence-corrected chi connectivity index (χ3v) is 5.16. The highest BCUT2D eigenvalue weighted by molar-refractivity contribution is 7.10. The maximum absolute atomic E-state index is 12.2. The minimum absolute atomic E-state index is 0.139. The zero-order chi connectivity index (χ0) is 15.1. The number of imide groups is 1. The van der Waals surface area contributed by atoms with E-state index < -0.39 is 6.04 Å². The average Bonchev–Trinajstić information content (AvgIpc) is 3.20. The molecule has 6 heteroatoms. The van der Waals surface area contributed by atoms with Gasteiger partial charge in [-0.1, -0.05) is 36.4 Å². The molecule has 0 saturated carbocycles. The Hall–Kier alpha value is -2.02. The van der Waals surface area contributed by atoms with Gasteiger partial charge in [-0.2, -0.15) is 0 Å². The summed E-state index contributed by atoms with van der Waals surface area (Å²) in [6.07, 6.45) is 0.